The van der Waals surface area contributed by atoms with E-state index in [1.165, 1.54) is 0 Å². The van der Waals surface area contributed by atoms with Gasteiger partial charge in [-0.2, -0.15) is 0 Å². The van der Waals surface area contributed by atoms with Gasteiger partial charge in [-0.15, -0.1) is 0 Å². The van der Waals surface area contributed by atoms with Crippen molar-refractivity contribution in [3.8, 4) is 0 Å². The summed E-state index contributed by atoms with van der Waals surface area (Å²) < 4.78 is 0. The quantitative estimate of drug-likeness (QED) is 0.859. The van der Waals surface area contributed by atoms with Crippen molar-refractivity contribution >= 4 is 5.91 Å². The fourth-order valence-corrected chi connectivity index (χ4v) is 2.26. The van der Waals surface area contributed by atoms with E-state index in [2.05, 4.69) is 5.32 Å². The standard InChI is InChI=1S/C14H20N2O/c1-11-4-3-5-12(10-11)14(17)16-9-7-13(16)6-8-15-2/h3-5,10,13,15H,6-9H2,1-2H3. The number of likely N-dealkylation sites (tertiary alicyclic amines) is 1. The maximum absolute atomic E-state index is 12.3. The molecule has 1 atom stereocenters. The molecule has 1 fully saturated rings. The molecule has 1 heterocycles. The van der Waals surface area contributed by atoms with Crippen LogP contribution in [-0.4, -0.2) is 37.0 Å². The fourth-order valence-electron chi connectivity index (χ4n) is 2.26. The predicted octanol–water partition coefficient (Wildman–Crippen LogP) is 1.82. The maximum atomic E-state index is 12.3. The fraction of sp³-hybridized carbons (Fsp3) is 0.500. The molecule has 0 aromatic heterocycles. The van der Waals surface area contributed by atoms with Gasteiger partial charge in [0, 0.05) is 18.2 Å². The number of benzene rings is 1. The Labute approximate surface area is 103 Å². The number of hydrogen-bond acceptors (Lipinski definition) is 2. The van der Waals surface area contributed by atoms with E-state index < -0.39 is 0 Å². The van der Waals surface area contributed by atoms with Crippen LogP contribution in [0.25, 0.3) is 0 Å². The van der Waals surface area contributed by atoms with Crippen molar-refractivity contribution in [1.29, 1.82) is 0 Å². The molecule has 0 radical (unpaired) electrons. The lowest BCUT2D eigenvalue weighted by atomic mass is 9.97. The lowest BCUT2D eigenvalue weighted by molar-refractivity contribution is 0.0446. The highest BCUT2D eigenvalue weighted by molar-refractivity contribution is 5.95. The van der Waals surface area contributed by atoms with Crippen molar-refractivity contribution in [2.45, 2.75) is 25.8 Å². The Morgan fingerprint density at radius 1 is 1.53 bits per heavy atom. The second kappa shape index (κ2) is 5.32. The Hall–Kier alpha value is -1.35. The predicted molar refractivity (Wildman–Crippen MR) is 69.2 cm³/mol. The summed E-state index contributed by atoms with van der Waals surface area (Å²) in [6.45, 7) is 3.90. The van der Waals surface area contributed by atoms with E-state index in [1.54, 1.807) is 0 Å². The first-order valence-electron chi connectivity index (χ1n) is 6.24. The number of carbonyl (C=O) groups excluding carboxylic acids is 1. The van der Waals surface area contributed by atoms with Crippen molar-refractivity contribution in [3.05, 3.63) is 35.4 Å². The van der Waals surface area contributed by atoms with E-state index >= 15 is 0 Å². The maximum Gasteiger partial charge on any atom is 0.254 e. The van der Waals surface area contributed by atoms with E-state index in [4.69, 9.17) is 0 Å². The second-order valence-electron chi connectivity index (χ2n) is 4.70. The molecule has 1 aliphatic heterocycles. The van der Waals surface area contributed by atoms with Gasteiger partial charge in [-0.3, -0.25) is 4.79 Å². The lowest BCUT2D eigenvalue weighted by Gasteiger charge is -2.41. The number of amides is 1. The SMILES string of the molecule is CNCCC1CCN1C(=O)c1cccc(C)c1. The molecule has 0 aliphatic carbocycles. The largest absolute Gasteiger partial charge is 0.335 e. The molecule has 1 amide bonds. The lowest BCUT2D eigenvalue weighted by Crippen LogP contribution is -2.51. The van der Waals surface area contributed by atoms with Crippen LogP contribution in [0.15, 0.2) is 24.3 Å². The molecule has 0 saturated carbocycles. The first-order chi connectivity index (χ1) is 8.22. The summed E-state index contributed by atoms with van der Waals surface area (Å²) in [5.41, 5.74) is 1.96. The number of rotatable bonds is 4. The monoisotopic (exact) mass is 232 g/mol. The average molecular weight is 232 g/mol. The van der Waals surface area contributed by atoms with E-state index in [9.17, 15) is 4.79 Å². The van der Waals surface area contributed by atoms with Crippen molar-refractivity contribution in [3.63, 3.8) is 0 Å². The number of nitrogens with zero attached hydrogens (tertiary/aromatic N) is 1. The summed E-state index contributed by atoms with van der Waals surface area (Å²) in [4.78, 5) is 14.3. The highest BCUT2D eigenvalue weighted by Gasteiger charge is 2.31. The number of nitrogens with one attached hydrogen (secondary N) is 1. The molecule has 2 rings (SSSR count). The summed E-state index contributed by atoms with van der Waals surface area (Å²) in [5, 5.41) is 3.14. The van der Waals surface area contributed by atoms with Crippen LogP contribution in [0.2, 0.25) is 0 Å². The third kappa shape index (κ3) is 2.67. The molecule has 0 bridgehead atoms. The van der Waals surface area contributed by atoms with Crippen LogP contribution in [0.4, 0.5) is 0 Å². The Bertz CT molecular complexity index is 403. The molecular formula is C14H20N2O. The van der Waals surface area contributed by atoms with Gasteiger partial charge in [0.25, 0.3) is 5.91 Å². The van der Waals surface area contributed by atoms with Gasteiger partial charge in [-0.25, -0.2) is 0 Å². The minimum absolute atomic E-state index is 0.182. The van der Waals surface area contributed by atoms with Gasteiger partial charge >= 0.3 is 0 Å². The van der Waals surface area contributed by atoms with Crippen molar-refractivity contribution < 1.29 is 4.79 Å². The number of hydrogen-bond donors (Lipinski definition) is 1. The Morgan fingerprint density at radius 3 is 2.94 bits per heavy atom. The van der Waals surface area contributed by atoms with Crippen LogP contribution in [0.1, 0.15) is 28.8 Å². The molecule has 3 nitrogen and oxygen atoms in total. The van der Waals surface area contributed by atoms with Crippen molar-refractivity contribution in [2.75, 3.05) is 20.1 Å². The van der Waals surface area contributed by atoms with Crippen molar-refractivity contribution in [2.24, 2.45) is 0 Å². The third-order valence-corrected chi connectivity index (χ3v) is 3.40. The zero-order valence-electron chi connectivity index (χ0n) is 10.6. The van der Waals surface area contributed by atoms with Gasteiger partial charge in [0.2, 0.25) is 0 Å². The van der Waals surface area contributed by atoms with Crippen LogP contribution in [0.5, 0.6) is 0 Å². The Kier molecular flexibility index (Phi) is 3.79. The molecule has 1 saturated heterocycles. The zero-order chi connectivity index (χ0) is 12.3. The molecule has 1 N–H and O–H groups in total. The van der Waals surface area contributed by atoms with Gasteiger partial charge in [0.15, 0.2) is 0 Å². The van der Waals surface area contributed by atoms with Gasteiger partial charge in [0.05, 0.1) is 0 Å². The molecule has 1 aliphatic rings. The first kappa shape index (κ1) is 12.1. The van der Waals surface area contributed by atoms with E-state index in [0.717, 1.165) is 37.1 Å². The van der Waals surface area contributed by atoms with Crippen LogP contribution < -0.4 is 5.32 Å². The minimum Gasteiger partial charge on any atom is -0.335 e. The van der Waals surface area contributed by atoms with Gasteiger partial charge < -0.3 is 10.2 Å². The zero-order valence-corrected chi connectivity index (χ0v) is 10.6. The minimum atomic E-state index is 0.182. The van der Waals surface area contributed by atoms with Crippen LogP contribution in [0.3, 0.4) is 0 Å². The van der Waals surface area contributed by atoms with Crippen molar-refractivity contribution in [1.82, 2.24) is 10.2 Å². The summed E-state index contributed by atoms with van der Waals surface area (Å²) in [7, 11) is 1.95. The highest BCUT2D eigenvalue weighted by atomic mass is 16.2. The van der Waals surface area contributed by atoms with Gasteiger partial charge in [0.1, 0.15) is 0 Å². The normalized spacial score (nSPS) is 18.9. The molecule has 17 heavy (non-hydrogen) atoms. The molecule has 92 valence electrons. The van der Waals surface area contributed by atoms with Crippen LogP contribution in [0, 0.1) is 6.92 Å². The molecular weight excluding hydrogens is 212 g/mol. The topological polar surface area (TPSA) is 32.3 Å². The molecule has 0 spiro atoms. The number of aryl methyl sites for hydroxylation is 1. The molecule has 1 unspecified atom stereocenters. The highest BCUT2D eigenvalue weighted by Crippen LogP contribution is 2.23. The summed E-state index contributed by atoms with van der Waals surface area (Å²) in [5.74, 6) is 0.182. The van der Waals surface area contributed by atoms with Crippen LogP contribution >= 0.6 is 0 Å². The van der Waals surface area contributed by atoms with E-state index in [0.29, 0.717) is 6.04 Å². The molecule has 1 aromatic rings. The second-order valence-corrected chi connectivity index (χ2v) is 4.70. The summed E-state index contributed by atoms with van der Waals surface area (Å²) in [6.07, 6.45) is 2.19. The molecule has 3 heteroatoms. The van der Waals surface area contributed by atoms with E-state index in [1.807, 2.05) is 43.1 Å². The molecule has 1 aromatic carbocycles. The Morgan fingerprint density at radius 2 is 2.35 bits per heavy atom. The summed E-state index contributed by atoms with van der Waals surface area (Å²) >= 11 is 0. The average Bonchev–Trinajstić information content (AvgIpc) is 2.28. The third-order valence-electron chi connectivity index (χ3n) is 3.40. The first-order valence-corrected chi connectivity index (χ1v) is 6.24. The van der Waals surface area contributed by atoms with Gasteiger partial charge in [-0.05, 0) is 45.5 Å². The Balaban J connectivity index is 2.00. The van der Waals surface area contributed by atoms with Crippen LogP contribution in [-0.2, 0) is 0 Å². The summed E-state index contributed by atoms with van der Waals surface area (Å²) in [6, 6.07) is 8.27. The van der Waals surface area contributed by atoms with Gasteiger partial charge in [-0.1, -0.05) is 17.7 Å². The smallest absolute Gasteiger partial charge is 0.254 e. The number of carbonyl (C=O) groups is 1. The van der Waals surface area contributed by atoms with E-state index in [-0.39, 0.29) is 5.91 Å².